The third kappa shape index (κ3) is 6.55. The van der Waals surface area contributed by atoms with Gasteiger partial charge in [0.1, 0.15) is 0 Å². The fourth-order valence-electron chi connectivity index (χ4n) is 3.21. The molecule has 0 aromatic heterocycles. The van der Waals surface area contributed by atoms with Gasteiger partial charge in [0, 0.05) is 42.1 Å². The second-order valence-corrected chi connectivity index (χ2v) is 7.34. The summed E-state index contributed by atoms with van der Waals surface area (Å²) in [6, 6.07) is 10.4. The van der Waals surface area contributed by atoms with Crippen LogP contribution in [-0.2, 0) is 0 Å². The fraction of sp³-hybridized carbons (Fsp3) is 0.440. The lowest BCUT2D eigenvalue weighted by atomic mass is 9.82. The molecule has 0 bridgehead atoms. The summed E-state index contributed by atoms with van der Waals surface area (Å²) in [5.41, 5.74) is 2.66. The van der Waals surface area contributed by atoms with Crippen molar-refractivity contribution >= 4 is 34.5 Å². The molecule has 1 atom stereocenters. The van der Waals surface area contributed by atoms with Gasteiger partial charge in [-0.05, 0) is 26.2 Å². The van der Waals surface area contributed by atoms with E-state index in [9.17, 15) is 14.7 Å². The molecule has 1 unspecified atom stereocenters. The second kappa shape index (κ2) is 13.9. The number of alkyl halides is 1. The first-order valence-corrected chi connectivity index (χ1v) is 11.7. The monoisotopic (exact) mass is 461 g/mol. The predicted octanol–water partition coefficient (Wildman–Crippen LogP) is 4.50. The molecule has 0 saturated heterocycles. The number of nitrogens with zero attached hydrogens (tertiary/aromatic N) is 1. The third-order valence-electron chi connectivity index (χ3n) is 4.66. The second-order valence-electron chi connectivity index (χ2n) is 7.03. The number of hydrogen-bond donors (Lipinski definition) is 3. The van der Waals surface area contributed by atoms with Gasteiger partial charge in [0.2, 0.25) is 0 Å². The lowest BCUT2D eigenvalue weighted by Gasteiger charge is -2.24. The average molecular weight is 462 g/mol. The summed E-state index contributed by atoms with van der Waals surface area (Å²) >= 11 is 5.66. The molecule has 0 fully saturated rings. The maximum Gasteiger partial charge on any atom is 0.196 e. The van der Waals surface area contributed by atoms with Crippen molar-refractivity contribution in [2.45, 2.75) is 33.8 Å². The summed E-state index contributed by atoms with van der Waals surface area (Å²) < 4.78 is 0. The molecule has 2 aromatic rings. The molecular weight excluding hydrogens is 426 g/mol. The van der Waals surface area contributed by atoms with Crippen molar-refractivity contribution in [3.8, 4) is 0 Å². The van der Waals surface area contributed by atoms with E-state index >= 15 is 0 Å². The Labute approximate surface area is 197 Å². The Bertz CT molecular complexity index is 900. The van der Waals surface area contributed by atoms with Crippen LogP contribution in [-0.4, -0.2) is 67.3 Å². The lowest BCUT2D eigenvalue weighted by molar-refractivity contribution is 0.0980. The Kier molecular flexibility index (Phi) is 12.0. The van der Waals surface area contributed by atoms with Crippen molar-refractivity contribution in [2.75, 3.05) is 50.2 Å². The van der Waals surface area contributed by atoms with Gasteiger partial charge in [0.25, 0.3) is 0 Å². The van der Waals surface area contributed by atoms with Crippen LogP contribution in [0.2, 0.25) is 0 Å². The number of ketones is 2. The van der Waals surface area contributed by atoms with Gasteiger partial charge in [0.15, 0.2) is 11.6 Å². The minimum Gasteiger partial charge on any atom is -0.390 e. The maximum absolute atomic E-state index is 13.2. The molecule has 2 aromatic carbocycles. The molecule has 1 aliphatic carbocycles. The summed E-state index contributed by atoms with van der Waals surface area (Å²) in [7, 11) is 3.94. The number of halogens is 1. The molecule has 0 heterocycles. The molecule has 7 heteroatoms. The summed E-state index contributed by atoms with van der Waals surface area (Å²) in [4.78, 5) is 28.5. The predicted molar refractivity (Wildman–Crippen MR) is 135 cm³/mol. The smallest absolute Gasteiger partial charge is 0.196 e. The number of hydrogen-bond acceptors (Lipinski definition) is 6. The van der Waals surface area contributed by atoms with Crippen LogP contribution in [0.1, 0.15) is 59.5 Å². The van der Waals surface area contributed by atoms with Crippen LogP contribution in [0.5, 0.6) is 0 Å². The van der Waals surface area contributed by atoms with Gasteiger partial charge in [-0.2, -0.15) is 0 Å². The summed E-state index contributed by atoms with van der Waals surface area (Å²) in [5.74, 6) is -0.307. The van der Waals surface area contributed by atoms with Gasteiger partial charge in [-0.25, -0.2) is 0 Å². The number of nitrogens with one attached hydrogen (secondary N) is 2. The first kappa shape index (κ1) is 27.6. The van der Waals surface area contributed by atoms with Gasteiger partial charge in [-0.15, -0.1) is 11.6 Å². The van der Waals surface area contributed by atoms with E-state index in [0.29, 0.717) is 40.2 Å². The molecule has 3 N–H and O–H groups in total. The Morgan fingerprint density at radius 1 is 0.875 bits per heavy atom. The van der Waals surface area contributed by atoms with Gasteiger partial charge in [-0.1, -0.05) is 52.0 Å². The molecule has 176 valence electrons. The zero-order valence-corrected chi connectivity index (χ0v) is 20.7. The van der Waals surface area contributed by atoms with Gasteiger partial charge in [0.05, 0.1) is 23.1 Å². The van der Waals surface area contributed by atoms with Crippen LogP contribution in [0, 0.1) is 0 Å². The zero-order valence-electron chi connectivity index (χ0n) is 20.0. The van der Waals surface area contributed by atoms with Gasteiger partial charge >= 0.3 is 0 Å². The molecule has 32 heavy (non-hydrogen) atoms. The number of fused-ring (bicyclic) bond motifs is 2. The lowest BCUT2D eigenvalue weighted by Crippen LogP contribution is -2.27. The molecule has 0 radical (unpaired) electrons. The van der Waals surface area contributed by atoms with Crippen molar-refractivity contribution in [1.82, 2.24) is 4.90 Å². The van der Waals surface area contributed by atoms with Crippen LogP contribution in [0.4, 0.5) is 11.4 Å². The Morgan fingerprint density at radius 2 is 1.34 bits per heavy atom. The van der Waals surface area contributed by atoms with Crippen molar-refractivity contribution in [2.24, 2.45) is 0 Å². The van der Waals surface area contributed by atoms with Crippen molar-refractivity contribution < 1.29 is 14.7 Å². The fourth-order valence-corrected chi connectivity index (χ4v) is 3.32. The highest BCUT2D eigenvalue weighted by molar-refractivity contribution is 6.31. The molecule has 0 aliphatic heterocycles. The zero-order chi connectivity index (χ0) is 24.3. The molecule has 3 rings (SSSR count). The average Bonchev–Trinajstić information content (AvgIpc) is 2.83. The van der Waals surface area contributed by atoms with Crippen LogP contribution in [0.3, 0.4) is 0 Å². The number of aliphatic hydroxyl groups is 1. The van der Waals surface area contributed by atoms with E-state index in [4.69, 9.17) is 11.6 Å². The largest absolute Gasteiger partial charge is 0.390 e. The van der Waals surface area contributed by atoms with E-state index in [2.05, 4.69) is 10.6 Å². The highest BCUT2D eigenvalue weighted by Gasteiger charge is 2.33. The number of likely N-dealkylation sites (N-methyl/N-ethyl adjacent to an activating group) is 1. The van der Waals surface area contributed by atoms with Crippen LogP contribution in [0.15, 0.2) is 36.4 Å². The van der Waals surface area contributed by atoms with Crippen LogP contribution < -0.4 is 10.6 Å². The summed E-state index contributed by atoms with van der Waals surface area (Å²) in [5, 5.41) is 16.1. The normalized spacial score (nSPS) is 12.5. The Morgan fingerprint density at radius 3 is 1.78 bits per heavy atom. The summed E-state index contributed by atoms with van der Waals surface area (Å²) in [6.45, 7) is 9.61. The first-order valence-electron chi connectivity index (χ1n) is 11.2. The molecule has 0 spiro atoms. The van der Waals surface area contributed by atoms with Gasteiger partial charge in [-0.3, -0.25) is 9.59 Å². The number of anilines is 2. The van der Waals surface area contributed by atoms with Crippen LogP contribution in [0.25, 0.3) is 0 Å². The number of benzene rings is 2. The molecule has 6 nitrogen and oxygen atoms in total. The van der Waals surface area contributed by atoms with E-state index in [0.717, 1.165) is 6.54 Å². The summed E-state index contributed by atoms with van der Waals surface area (Å²) in [6.07, 6.45) is -0.753. The highest BCUT2D eigenvalue weighted by atomic mass is 35.5. The first-order chi connectivity index (χ1) is 15.4. The molecular formula is C25H36ClN3O3. The van der Waals surface area contributed by atoms with Crippen molar-refractivity contribution in [1.29, 1.82) is 0 Å². The van der Waals surface area contributed by atoms with E-state index in [1.807, 2.05) is 46.7 Å². The number of carbonyl (C=O) groups is 2. The highest BCUT2D eigenvalue weighted by Crippen LogP contribution is 2.36. The van der Waals surface area contributed by atoms with E-state index in [1.54, 1.807) is 36.4 Å². The van der Waals surface area contributed by atoms with Crippen molar-refractivity contribution in [3.05, 3.63) is 58.7 Å². The quantitative estimate of drug-likeness (QED) is 0.428. The standard InChI is InChI=1S/C21H24ClN3O3.2C2H6/c1-25(2)10-9-23-16-7-8-17(24-12-13(26)11-22)19-18(16)20(27)14-5-3-4-6-15(14)21(19)28;2*1-2/h3-8,13,23-24,26H,9-12H2,1-2H3;2*1-2H3. The molecule has 1 aliphatic rings. The maximum atomic E-state index is 13.2. The number of carbonyl (C=O) groups excluding carboxylic acids is 2. The molecule has 0 amide bonds. The van der Waals surface area contributed by atoms with E-state index in [-0.39, 0.29) is 24.0 Å². The SMILES string of the molecule is CC.CC.CN(C)CCNc1ccc(NCC(O)CCl)c2c1C(=O)c1ccccc1C2=O. The van der Waals surface area contributed by atoms with Crippen LogP contribution >= 0.6 is 11.6 Å². The van der Waals surface area contributed by atoms with Crippen molar-refractivity contribution in [3.63, 3.8) is 0 Å². The number of rotatable bonds is 8. The third-order valence-corrected chi connectivity index (χ3v) is 5.01. The Balaban J connectivity index is 0.00000121. The van der Waals surface area contributed by atoms with E-state index < -0.39 is 6.10 Å². The number of aliphatic hydroxyl groups excluding tert-OH is 1. The van der Waals surface area contributed by atoms with E-state index in [1.165, 1.54) is 0 Å². The Hall–Kier alpha value is -2.41. The van der Waals surface area contributed by atoms with Gasteiger partial charge < -0.3 is 20.6 Å². The topological polar surface area (TPSA) is 81.7 Å². The minimum atomic E-state index is -0.753. The minimum absolute atomic E-state index is 0.0784. The molecule has 0 saturated carbocycles.